The van der Waals surface area contributed by atoms with Crippen LogP contribution in [0.25, 0.3) is 0 Å². The average molecular weight is 1080 g/mol. The van der Waals surface area contributed by atoms with E-state index in [0.717, 1.165) is 116 Å². The van der Waals surface area contributed by atoms with Gasteiger partial charge in [0.15, 0.2) is 24.6 Å². The summed E-state index contributed by atoms with van der Waals surface area (Å²) < 4.78 is 28.3. The lowest BCUT2D eigenvalue weighted by Gasteiger charge is -2.40. The van der Waals surface area contributed by atoms with Crippen LogP contribution in [0.1, 0.15) is 239 Å². The molecule has 0 spiro atoms. The Bertz CT molecular complexity index is 1710. The molecule has 1 saturated heterocycles. The van der Waals surface area contributed by atoms with Crippen LogP contribution in [0.3, 0.4) is 0 Å². The summed E-state index contributed by atoms with van der Waals surface area (Å²) in [4.78, 5) is 51.1. The number of carboxylic acids is 1. The highest BCUT2D eigenvalue weighted by Gasteiger charge is 2.50. The lowest BCUT2D eigenvalue weighted by Crippen LogP contribution is -2.61. The highest BCUT2D eigenvalue weighted by Crippen LogP contribution is 2.26. The van der Waals surface area contributed by atoms with E-state index in [1.54, 1.807) is 0 Å². The molecule has 12 nitrogen and oxygen atoms in total. The smallest absolute Gasteiger partial charge is 0.335 e. The fraction of sp³-hybridized carbons (Fsp3) is 0.692. The minimum atomic E-state index is -1.92. The normalized spacial score (nSPS) is 18.7. The van der Waals surface area contributed by atoms with Crippen molar-refractivity contribution in [2.45, 2.75) is 276 Å². The molecule has 1 heterocycles. The molecule has 3 N–H and O–H groups in total. The summed E-state index contributed by atoms with van der Waals surface area (Å²) in [5, 5.41) is 31.5. The van der Waals surface area contributed by atoms with Crippen molar-refractivity contribution in [3.63, 3.8) is 0 Å². The van der Waals surface area contributed by atoms with Crippen molar-refractivity contribution in [1.82, 2.24) is 0 Å². The number of ether oxygens (including phenoxy) is 5. The second kappa shape index (κ2) is 52.3. The summed E-state index contributed by atoms with van der Waals surface area (Å²) in [6.45, 7) is 5.78. The molecule has 1 aliphatic rings. The average Bonchev–Trinajstić information content (AvgIpc) is 3.42. The summed E-state index contributed by atoms with van der Waals surface area (Å²) in [6, 6.07) is 0. The number of hydrogen-bond donors (Lipinski definition) is 3. The molecule has 438 valence electrons. The molecule has 12 heteroatoms. The maximum absolute atomic E-state index is 13.1. The molecule has 1 rings (SSSR count). The molecule has 6 unspecified atom stereocenters. The van der Waals surface area contributed by atoms with E-state index in [1.807, 2.05) is 12.2 Å². The monoisotopic (exact) mass is 1080 g/mol. The maximum atomic E-state index is 13.1. The maximum Gasteiger partial charge on any atom is 0.335 e. The molecule has 77 heavy (non-hydrogen) atoms. The van der Waals surface area contributed by atoms with Gasteiger partial charge in [-0.2, -0.15) is 0 Å². The van der Waals surface area contributed by atoms with Crippen LogP contribution in [0.2, 0.25) is 0 Å². The molecule has 0 bridgehead atoms. The van der Waals surface area contributed by atoms with Gasteiger partial charge in [0, 0.05) is 19.3 Å². The lowest BCUT2D eigenvalue weighted by molar-refractivity contribution is -0.301. The van der Waals surface area contributed by atoms with Crippen LogP contribution >= 0.6 is 0 Å². The first kappa shape index (κ1) is 70.7. The van der Waals surface area contributed by atoms with Crippen LogP contribution in [-0.4, -0.2) is 89.2 Å². The van der Waals surface area contributed by atoms with Gasteiger partial charge < -0.3 is 39.0 Å². The van der Waals surface area contributed by atoms with Crippen LogP contribution in [0, 0.1) is 0 Å². The van der Waals surface area contributed by atoms with Crippen molar-refractivity contribution in [1.29, 1.82) is 0 Å². The topological polar surface area (TPSA) is 175 Å². The first-order valence-corrected chi connectivity index (χ1v) is 30.2. The van der Waals surface area contributed by atoms with Gasteiger partial charge in [0.1, 0.15) is 18.8 Å². The molecule has 0 aromatic rings. The Morgan fingerprint density at radius 2 is 0.844 bits per heavy atom. The molecule has 0 aliphatic carbocycles. The number of carboxylic acid groups (broad SMARTS) is 1. The van der Waals surface area contributed by atoms with Crippen molar-refractivity contribution >= 4 is 23.9 Å². The molecular formula is C65H106O12. The Morgan fingerprint density at radius 1 is 0.442 bits per heavy atom. The van der Waals surface area contributed by atoms with Gasteiger partial charge in [-0.1, -0.05) is 208 Å². The summed E-state index contributed by atoms with van der Waals surface area (Å²) in [5.41, 5.74) is 0. The van der Waals surface area contributed by atoms with Crippen LogP contribution in [-0.2, 0) is 42.9 Å². The molecular weight excluding hydrogens is 973 g/mol. The molecule has 0 aromatic carbocycles. The van der Waals surface area contributed by atoms with E-state index in [4.69, 9.17) is 23.7 Å². The first-order valence-electron chi connectivity index (χ1n) is 30.2. The number of aliphatic hydroxyl groups excluding tert-OH is 2. The molecule has 0 amide bonds. The SMILES string of the molecule is CC/C=C\C/C=C\C/C=C\C/C=C\C/C=C\C/C=C\CCC(=O)OCC(COC1OC(C(=O)O)C(O)C(O)C1OC(=O)CCCCCCC/C=C\CCCCCCCC)OC(=O)CCCCCCC/C=C\CCCCCC. The number of carbonyl (C=O) groups is 4. The third-order valence-corrected chi connectivity index (χ3v) is 13.1. The zero-order valence-corrected chi connectivity index (χ0v) is 48.2. The minimum Gasteiger partial charge on any atom is -0.479 e. The predicted octanol–water partition coefficient (Wildman–Crippen LogP) is 15.7. The molecule has 1 aliphatic heterocycles. The van der Waals surface area contributed by atoms with Crippen LogP contribution in [0.4, 0.5) is 0 Å². The summed E-state index contributed by atoms with van der Waals surface area (Å²) in [5.74, 6) is -3.26. The van der Waals surface area contributed by atoms with Crippen molar-refractivity contribution in [2.24, 2.45) is 0 Å². The standard InChI is InChI=1S/C65H106O12/c1-4-7-10-13-16-19-22-25-27-28-29-30-32-34-36-39-42-45-48-51-57(66)73-54-56(75-58(67)52-49-46-43-40-37-33-24-21-18-15-12-9-6-3)55-74-65-63(61(70)60(69)62(77-65)64(71)72)76-59(68)53-50-47-44-41-38-35-31-26-23-20-17-14-11-8-5-2/h7,10,16,19,21,24-27,29-31,34,36,42,45,56,60-63,65,69-70H,4-6,8-9,11-15,17-18,20,22-23,28,32-33,35,37-41,43-44,46-55H2,1-3H3,(H,71,72)/b10-7-,19-16-,24-21-,27-25-,30-29-,31-26-,36-34-,45-42-. The number of esters is 3. The van der Waals surface area contributed by atoms with Crippen molar-refractivity contribution < 1.29 is 58.2 Å². The van der Waals surface area contributed by atoms with E-state index in [1.165, 1.54) is 64.2 Å². The van der Waals surface area contributed by atoms with Gasteiger partial charge in [0.2, 0.25) is 0 Å². The third-order valence-electron chi connectivity index (χ3n) is 13.1. The Morgan fingerprint density at radius 3 is 1.31 bits per heavy atom. The van der Waals surface area contributed by atoms with E-state index < -0.39 is 67.3 Å². The molecule has 0 aromatic heterocycles. The summed E-state index contributed by atoms with van der Waals surface area (Å²) in [7, 11) is 0. The number of aliphatic hydroxyl groups is 2. The fourth-order valence-electron chi connectivity index (χ4n) is 8.50. The Labute approximate surface area is 466 Å². The van der Waals surface area contributed by atoms with E-state index in [0.29, 0.717) is 19.3 Å². The molecule has 0 saturated carbocycles. The van der Waals surface area contributed by atoms with Gasteiger partial charge in [-0.15, -0.1) is 0 Å². The highest BCUT2D eigenvalue weighted by molar-refractivity contribution is 5.74. The predicted molar refractivity (Wildman–Crippen MR) is 312 cm³/mol. The zero-order valence-electron chi connectivity index (χ0n) is 48.2. The lowest BCUT2D eigenvalue weighted by atomic mass is 9.98. The molecule has 6 atom stereocenters. The Balaban J connectivity index is 2.74. The number of carbonyl (C=O) groups excluding carboxylic acids is 3. The number of unbranched alkanes of at least 4 members (excludes halogenated alkanes) is 20. The summed E-state index contributed by atoms with van der Waals surface area (Å²) in [6.07, 6.45) is 56.7. The van der Waals surface area contributed by atoms with Crippen molar-refractivity contribution in [3.8, 4) is 0 Å². The van der Waals surface area contributed by atoms with Crippen molar-refractivity contribution in [2.75, 3.05) is 13.2 Å². The molecule has 1 fully saturated rings. The second-order valence-corrected chi connectivity index (χ2v) is 20.2. The first-order chi connectivity index (χ1) is 37.6. The Kier molecular flexibility index (Phi) is 48.0. The van der Waals surface area contributed by atoms with Crippen LogP contribution < -0.4 is 0 Å². The van der Waals surface area contributed by atoms with Gasteiger partial charge in [-0.3, -0.25) is 14.4 Å². The van der Waals surface area contributed by atoms with E-state index in [2.05, 4.69) is 106 Å². The van der Waals surface area contributed by atoms with E-state index in [-0.39, 0.29) is 25.9 Å². The van der Waals surface area contributed by atoms with E-state index in [9.17, 15) is 34.5 Å². The van der Waals surface area contributed by atoms with E-state index >= 15 is 0 Å². The van der Waals surface area contributed by atoms with Gasteiger partial charge >= 0.3 is 23.9 Å². The van der Waals surface area contributed by atoms with Crippen LogP contribution in [0.5, 0.6) is 0 Å². The number of rotatable bonds is 50. The Hall–Kier alpha value is -4.36. The van der Waals surface area contributed by atoms with Crippen molar-refractivity contribution in [3.05, 3.63) is 97.2 Å². The third kappa shape index (κ3) is 42.3. The fourth-order valence-corrected chi connectivity index (χ4v) is 8.50. The second-order valence-electron chi connectivity index (χ2n) is 20.2. The van der Waals surface area contributed by atoms with Gasteiger partial charge in [0.05, 0.1) is 6.61 Å². The summed E-state index contributed by atoms with van der Waals surface area (Å²) >= 11 is 0. The molecule has 0 radical (unpaired) electrons. The van der Waals surface area contributed by atoms with Crippen LogP contribution in [0.15, 0.2) is 97.2 Å². The number of hydrogen-bond acceptors (Lipinski definition) is 11. The highest BCUT2D eigenvalue weighted by atomic mass is 16.7. The largest absolute Gasteiger partial charge is 0.479 e. The quantitative estimate of drug-likeness (QED) is 0.0228. The zero-order chi connectivity index (χ0) is 56.1. The van der Waals surface area contributed by atoms with Gasteiger partial charge in [0.25, 0.3) is 0 Å². The number of aliphatic carboxylic acids is 1. The van der Waals surface area contributed by atoms with Gasteiger partial charge in [-0.05, 0) is 109 Å². The number of allylic oxidation sites excluding steroid dienone is 16. The minimum absolute atomic E-state index is 0.0392. The van der Waals surface area contributed by atoms with Gasteiger partial charge in [-0.25, -0.2) is 4.79 Å².